The predicted molar refractivity (Wildman–Crippen MR) is 39.9 cm³/mol. The van der Waals surface area contributed by atoms with E-state index < -0.39 is 0 Å². The number of carbonyl (C=O) groups excluding carboxylic acids is 1. The first kappa shape index (κ1) is 11.4. The highest BCUT2D eigenvalue weighted by Crippen LogP contribution is 1.97. The van der Waals surface area contributed by atoms with E-state index in [0.29, 0.717) is 26.3 Å². The van der Waals surface area contributed by atoms with Gasteiger partial charge in [-0.05, 0) is 19.8 Å². The van der Waals surface area contributed by atoms with Crippen LogP contribution in [0.15, 0.2) is 0 Å². The molecule has 0 spiro atoms. The van der Waals surface area contributed by atoms with Crippen molar-refractivity contribution in [2.45, 2.75) is 19.8 Å². The molecule has 5 heteroatoms. The Bertz CT molecular complexity index is 76.1. The summed E-state index contributed by atoms with van der Waals surface area (Å²) < 4.78 is 4.15. The zero-order chi connectivity index (χ0) is 9.07. The summed E-state index contributed by atoms with van der Waals surface area (Å²) in [5.74, 6) is 0. The lowest BCUT2D eigenvalue weighted by molar-refractivity contribution is -0.504. The van der Waals surface area contributed by atoms with Crippen LogP contribution in [0.5, 0.6) is 0 Å². The highest BCUT2D eigenvalue weighted by atomic mass is 17.5. The maximum Gasteiger partial charge on any atom is 0.293 e. The quantitative estimate of drug-likeness (QED) is 0.463. The van der Waals surface area contributed by atoms with Crippen LogP contribution < -0.4 is 0 Å². The topological polar surface area (TPSA) is 54.0 Å². The molecule has 0 radical (unpaired) electrons. The van der Waals surface area contributed by atoms with Crippen LogP contribution in [-0.2, 0) is 24.3 Å². The van der Waals surface area contributed by atoms with Crippen LogP contribution in [0.3, 0.4) is 0 Å². The molecule has 1 aliphatic heterocycles. The maximum atomic E-state index is 9.18. The third-order valence-electron chi connectivity index (χ3n) is 1.04. The second-order valence-electron chi connectivity index (χ2n) is 1.97. The monoisotopic (exact) mass is 178 g/mol. The Hall–Kier alpha value is -0.650. The van der Waals surface area contributed by atoms with Gasteiger partial charge in [0.2, 0.25) is 0 Å². The van der Waals surface area contributed by atoms with E-state index in [1.165, 1.54) is 0 Å². The first-order valence-electron chi connectivity index (χ1n) is 3.88. The van der Waals surface area contributed by atoms with Crippen molar-refractivity contribution < 1.29 is 24.3 Å². The van der Waals surface area contributed by atoms with Gasteiger partial charge in [0.05, 0.1) is 19.8 Å². The molecule has 0 aliphatic carbocycles. The normalized spacial score (nSPS) is 16.8. The zero-order valence-corrected chi connectivity index (χ0v) is 7.15. The van der Waals surface area contributed by atoms with E-state index in [-0.39, 0.29) is 0 Å². The van der Waals surface area contributed by atoms with Gasteiger partial charge in [0.1, 0.15) is 0 Å². The second kappa shape index (κ2) is 10.3. The summed E-state index contributed by atoms with van der Waals surface area (Å²) in [6.45, 7) is 3.97. The SMILES string of the molecule is C1CCOOOC1.CCOC=O. The minimum atomic E-state index is 0.431. The van der Waals surface area contributed by atoms with E-state index in [1.807, 2.05) is 0 Å². The molecule has 0 aromatic carbocycles. The Morgan fingerprint density at radius 2 is 1.92 bits per heavy atom. The lowest BCUT2D eigenvalue weighted by Gasteiger charge is -1.90. The molecule has 12 heavy (non-hydrogen) atoms. The fourth-order valence-electron chi connectivity index (χ4n) is 0.492. The molecule has 0 N–H and O–H groups in total. The Kier molecular flexibility index (Phi) is 9.79. The molecule has 0 aromatic heterocycles. The van der Waals surface area contributed by atoms with E-state index >= 15 is 0 Å². The third-order valence-corrected chi connectivity index (χ3v) is 1.04. The molecular weight excluding hydrogens is 164 g/mol. The van der Waals surface area contributed by atoms with Crippen molar-refractivity contribution in [3.8, 4) is 0 Å². The van der Waals surface area contributed by atoms with Crippen LogP contribution in [0, 0.1) is 0 Å². The standard InChI is InChI=1S/C4H8O3.C3H6O2/c1-2-4-6-7-5-3-1;1-2-5-3-4/h1-4H2;3H,2H2,1H3. The molecule has 1 rings (SSSR count). The molecule has 1 fully saturated rings. The van der Waals surface area contributed by atoms with Gasteiger partial charge >= 0.3 is 0 Å². The predicted octanol–water partition coefficient (Wildman–Crippen LogP) is 0.839. The van der Waals surface area contributed by atoms with Gasteiger partial charge in [-0.3, -0.25) is 4.79 Å². The van der Waals surface area contributed by atoms with Crippen LogP contribution in [0.1, 0.15) is 19.8 Å². The van der Waals surface area contributed by atoms with Gasteiger partial charge in [0.15, 0.2) is 0 Å². The van der Waals surface area contributed by atoms with Crippen LogP contribution in [0.2, 0.25) is 0 Å². The Morgan fingerprint density at radius 3 is 2.25 bits per heavy atom. The van der Waals surface area contributed by atoms with E-state index in [0.717, 1.165) is 12.8 Å². The minimum absolute atomic E-state index is 0.431. The molecule has 0 bridgehead atoms. The van der Waals surface area contributed by atoms with Crippen molar-refractivity contribution >= 4 is 6.47 Å². The number of hydrogen-bond acceptors (Lipinski definition) is 5. The number of carbonyl (C=O) groups is 1. The van der Waals surface area contributed by atoms with Gasteiger partial charge in [-0.25, -0.2) is 9.78 Å². The van der Waals surface area contributed by atoms with E-state index in [1.54, 1.807) is 6.92 Å². The molecule has 0 unspecified atom stereocenters. The Balaban J connectivity index is 0.000000217. The summed E-state index contributed by atoms with van der Waals surface area (Å²) in [6, 6.07) is 0. The zero-order valence-electron chi connectivity index (χ0n) is 7.15. The largest absolute Gasteiger partial charge is 0.468 e. The van der Waals surface area contributed by atoms with Gasteiger partial charge in [0.25, 0.3) is 6.47 Å². The summed E-state index contributed by atoms with van der Waals surface area (Å²) in [6.07, 6.45) is 2.06. The average Bonchev–Trinajstić information content (AvgIpc) is 2.37. The summed E-state index contributed by atoms with van der Waals surface area (Å²) >= 11 is 0. The maximum absolute atomic E-state index is 9.18. The molecule has 1 aliphatic rings. The lowest BCUT2D eigenvalue weighted by Crippen LogP contribution is -1.90. The first-order chi connectivity index (χ1) is 5.91. The van der Waals surface area contributed by atoms with Gasteiger partial charge in [0, 0.05) is 0 Å². The first-order valence-corrected chi connectivity index (χ1v) is 3.88. The third kappa shape index (κ3) is 9.35. The molecule has 0 atom stereocenters. The fourth-order valence-corrected chi connectivity index (χ4v) is 0.492. The fraction of sp³-hybridized carbons (Fsp3) is 0.857. The molecular formula is C7H14O5. The van der Waals surface area contributed by atoms with Gasteiger partial charge in [-0.2, -0.15) is 0 Å². The summed E-state index contributed by atoms with van der Waals surface area (Å²) in [5, 5.41) is 4.19. The molecule has 0 aromatic rings. The number of hydrogen-bond donors (Lipinski definition) is 0. The molecule has 1 heterocycles. The van der Waals surface area contributed by atoms with Gasteiger partial charge in [-0.15, -0.1) is 0 Å². The van der Waals surface area contributed by atoms with Crippen LogP contribution in [0.4, 0.5) is 0 Å². The van der Waals surface area contributed by atoms with Crippen molar-refractivity contribution in [3.05, 3.63) is 0 Å². The van der Waals surface area contributed by atoms with Crippen LogP contribution in [0.25, 0.3) is 0 Å². The molecule has 5 nitrogen and oxygen atoms in total. The average molecular weight is 178 g/mol. The molecule has 0 amide bonds. The molecule has 72 valence electrons. The lowest BCUT2D eigenvalue weighted by atomic mass is 10.3. The summed E-state index contributed by atoms with van der Waals surface area (Å²) in [4.78, 5) is 18.1. The van der Waals surface area contributed by atoms with Crippen molar-refractivity contribution in [2.75, 3.05) is 19.8 Å². The van der Waals surface area contributed by atoms with Gasteiger partial charge in [-0.1, -0.05) is 5.04 Å². The van der Waals surface area contributed by atoms with Crippen molar-refractivity contribution in [2.24, 2.45) is 0 Å². The van der Waals surface area contributed by atoms with Crippen molar-refractivity contribution in [3.63, 3.8) is 0 Å². The van der Waals surface area contributed by atoms with E-state index in [4.69, 9.17) is 0 Å². The number of ether oxygens (including phenoxy) is 1. The minimum Gasteiger partial charge on any atom is -0.468 e. The molecule has 0 saturated carbocycles. The van der Waals surface area contributed by atoms with Crippen LogP contribution >= 0.6 is 0 Å². The second-order valence-corrected chi connectivity index (χ2v) is 1.97. The van der Waals surface area contributed by atoms with Crippen molar-refractivity contribution in [1.29, 1.82) is 0 Å². The van der Waals surface area contributed by atoms with Crippen molar-refractivity contribution in [1.82, 2.24) is 0 Å². The number of rotatable bonds is 2. The molecule has 1 saturated heterocycles. The highest BCUT2D eigenvalue weighted by molar-refractivity contribution is 5.36. The Morgan fingerprint density at radius 1 is 1.33 bits per heavy atom. The highest BCUT2D eigenvalue weighted by Gasteiger charge is 1.96. The van der Waals surface area contributed by atoms with E-state index in [9.17, 15) is 4.79 Å². The van der Waals surface area contributed by atoms with Gasteiger partial charge < -0.3 is 4.74 Å². The Labute approximate surface area is 71.4 Å². The van der Waals surface area contributed by atoms with Crippen LogP contribution in [-0.4, -0.2) is 26.3 Å². The summed E-state index contributed by atoms with van der Waals surface area (Å²) in [5.41, 5.74) is 0. The smallest absolute Gasteiger partial charge is 0.293 e. The summed E-state index contributed by atoms with van der Waals surface area (Å²) in [7, 11) is 0. The van der Waals surface area contributed by atoms with E-state index in [2.05, 4.69) is 19.6 Å².